The molecule has 0 bridgehead atoms. The molecule has 0 aromatic heterocycles. The van der Waals surface area contributed by atoms with E-state index in [1.165, 1.54) is 4.90 Å². The topological polar surface area (TPSA) is 93.5 Å². The molecule has 6 nitrogen and oxygen atoms in total. The summed E-state index contributed by atoms with van der Waals surface area (Å²) in [6.45, 7) is 5.53. The van der Waals surface area contributed by atoms with Crippen molar-refractivity contribution in [1.29, 1.82) is 5.26 Å². The molecule has 0 spiro atoms. The fourth-order valence-electron chi connectivity index (χ4n) is 2.96. The molecule has 6 heteroatoms. The Morgan fingerprint density at radius 3 is 2.46 bits per heavy atom. The van der Waals surface area contributed by atoms with E-state index in [1.807, 2.05) is 6.07 Å². The Bertz CT molecular complexity index is 670. The number of amides is 1. The number of likely N-dealkylation sites (tertiary alicyclic amines) is 1. The van der Waals surface area contributed by atoms with Crippen molar-refractivity contribution in [2.75, 3.05) is 6.54 Å². The van der Waals surface area contributed by atoms with E-state index < -0.39 is 23.2 Å². The highest BCUT2D eigenvalue weighted by Crippen LogP contribution is 2.34. The van der Waals surface area contributed by atoms with Crippen LogP contribution in [-0.2, 0) is 16.0 Å². The van der Waals surface area contributed by atoms with Gasteiger partial charge in [-0.25, -0.2) is 4.79 Å². The summed E-state index contributed by atoms with van der Waals surface area (Å²) in [6.07, 6.45) is 0.371. The van der Waals surface area contributed by atoms with Crippen LogP contribution in [0.5, 0.6) is 0 Å². The van der Waals surface area contributed by atoms with Crippen LogP contribution in [0.15, 0.2) is 24.3 Å². The molecule has 0 radical (unpaired) electrons. The minimum Gasteiger partial charge on any atom is -0.548 e. The predicted octanol–water partition coefficient (Wildman–Crippen LogP) is 1.62. The molecule has 1 fully saturated rings. The molecule has 128 valence electrons. The molecule has 0 unspecified atom stereocenters. The Kier molecular flexibility index (Phi) is 4.83. The van der Waals surface area contributed by atoms with Crippen LogP contribution in [0.1, 0.15) is 44.7 Å². The van der Waals surface area contributed by atoms with Crippen molar-refractivity contribution in [3.05, 3.63) is 35.4 Å². The Morgan fingerprint density at radius 1 is 1.33 bits per heavy atom. The number of ether oxygens (including phenoxy) is 1. The maximum atomic E-state index is 12.4. The van der Waals surface area contributed by atoms with Gasteiger partial charge in [-0.15, -0.1) is 0 Å². The van der Waals surface area contributed by atoms with Crippen LogP contribution in [0.4, 0.5) is 4.79 Å². The van der Waals surface area contributed by atoms with E-state index in [0.29, 0.717) is 24.9 Å². The van der Waals surface area contributed by atoms with Gasteiger partial charge in [0, 0.05) is 13.0 Å². The SMILES string of the molecule is CC(C)(C)OC(=O)N1CCC[C@]1(Cc1ccc(C#N)cc1)C(=O)[O-]. The molecule has 1 aromatic rings. The van der Waals surface area contributed by atoms with Crippen LogP contribution in [0, 0.1) is 11.3 Å². The van der Waals surface area contributed by atoms with E-state index in [9.17, 15) is 14.7 Å². The third-order valence-corrected chi connectivity index (χ3v) is 4.06. The summed E-state index contributed by atoms with van der Waals surface area (Å²) < 4.78 is 5.35. The van der Waals surface area contributed by atoms with Crippen molar-refractivity contribution in [3.63, 3.8) is 0 Å². The Labute approximate surface area is 141 Å². The van der Waals surface area contributed by atoms with Gasteiger partial charge in [0.15, 0.2) is 0 Å². The smallest absolute Gasteiger partial charge is 0.411 e. The zero-order chi connectivity index (χ0) is 18.0. The number of carbonyl (C=O) groups excluding carboxylic acids is 2. The lowest BCUT2D eigenvalue weighted by molar-refractivity contribution is -0.317. The average molecular weight is 329 g/mol. The van der Waals surface area contributed by atoms with Gasteiger partial charge in [0.25, 0.3) is 0 Å². The van der Waals surface area contributed by atoms with Crippen LogP contribution in [0.2, 0.25) is 0 Å². The van der Waals surface area contributed by atoms with Gasteiger partial charge in [-0.2, -0.15) is 5.26 Å². The number of carboxylic acid groups (broad SMARTS) is 1. The summed E-state index contributed by atoms with van der Waals surface area (Å²) in [5.41, 5.74) is -0.896. The molecule has 24 heavy (non-hydrogen) atoms. The van der Waals surface area contributed by atoms with E-state index >= 15 is 0 Å². The maximum absolute atomic E-state index is 12.4. The summed E-state index contributed by atoms with van der Waals surface area (Å²) >= 11 is 0. The zero-order valence-corrected chi connectivity index (χ0v) is 14.2. The van der Waals surface area contributed by atoms with Crippen molar-refractivity contribution in [1.82, 2.24) is 4.90 Å². The monoisotopic (exact) mass is 329 g/mol. The Hall–Kier alpha value is -2.55. The number of carbonyl (C=O) groups is 2. The number of rotatable bonds is 3. The highest BCUT2D eigenvalue weighted by atomic mass is 16.6. The van der Waals surface area contributed by atoms with Gasteiger partial charge in [-0.05, 0) is 51.3 Å². The van der Waals surface area contributed by atoms with Crippen LogP contribution in [0.25, 0.3) is 0 Å². The first-order chi connectivity index (χ1) is 11.2. The number of benzene rings is 1. The number of nitriles is 1. The molecule has 0 saturated carbocycles. The number of hydrogen-bond donors (Lipinski definition) is 0. The first-order valence-corrected chi connectivity index (χ1v) is 7.89. The average Bonchev–Trinajstić information content (AvgIpc) is 2.91. The fraction of sp³-hybridized carbons (Fsp3) is 0.500. The summed E-state index contributed by atoms with van der Waals surface area (Å²) in [6, 6.07) is 8.69. The molecule has 1 heterocycles. The molecule has 1 atom stereocenters. The second-order valence-electron chi connectivity index (χ2n) is 7.04. The van der Waals surface area contributed by atoms with Gasteiger partial charge in [-0.1, -0.05) is 12.1 Å². The fourth-order valence-corrected chi connectivity index (χ4v) is 2.96. The number of nitrogens with zero attached hydrogens (tertiary/aromatic N) is 2. The van der Waals surface area contributed by atoms with Gasteiger partial charge < -0.3 is 14.6 Å². The first-order valence-electron chi connectivity index (χ1n) is 7.89. The molecule has 2 rings (SSSR count). The lowest BCUT2D eigenvalue weighted by Gasteiger charge is -2.40. The third kappa shape index (κ3) is 3.67. The largest absolute Gasteiger partial charge is 0.548 e. The minimum atomic E-state index is -1.42. The summed E-state index contributed by atoms with van der Waals surface area (Å²) in [4.78, 5) is 25.6. The number of hydrogen-bond acceptors (Lipinski definition) is 5. The van der Waals surface area contributed by atoms with Crippen molar-refractivity contribution in [3.8, 4) is 6.07 Å². The van der Waals surface area contributed by atoms with E-state index in [1.54, 1.807) is 45.0 Å². The van der Waals surface area contributed by atoms with Crippen LogP contribution in [-0.4, -0.2) is 34.6 Å². The van der Waals surface area contributed by atoms with Crippen molar-refractivity contribution in [2.45, 2.75) is 51.2 Å². The second-order valence-corrected chi connectivity index (χ2v) is 7.04. The van der Waals surface area contributed by atoms with Crippen LogP contribution < -0.4 is 5.11 Å². The minimum absolute atomic E-state index is 0.125. The molecule has 0 N–H and O–H groups in total. The van der Waals surface area contributed by atoms with E-state index in [-0.39, 0.29) is 6.42 Å². The van der Waals surface area contributed by atoms with E-state index in [4.69, 9.17) is 10.00 Å². The van der Waals surface area contributed by atoms with Crippen molar-refractivity contribution >= 4 is 12.1 Å². The second kappa shape index (κ2) is 6.52. The molecular weight excluding hydrogens is 308 g/mol. The standard InChI is InChI=1S/C18H22N2O4/c1-17(2,3)24-16(23)20-10-4-9-18(20,15(21)22)11-13-5-7-14(12-19)8-6-13/h5-8H,4,9-11H2,1-3H3,(H,21,22)/p-1/t18-/m0/s1. The Balaban J connectivity index is 2.29. The van der Waals surface area contributed by atoms with Crippen molar-refractivity contribution < 1.29 is 19.4 Å². The first kappa shape index (κ1) is 17.8. The molecule has 0 aliphatic carbocycles. The highest BCUT2D eigenvalue weighted by Gasteiger charge is 2.46. The predicted molar refractivity (Wildman–Crippen MR) is 84.8 cm³/mol. The highest BCUT2D eigenvalue weighted by molar-refractivity contribution is 5.84. The van der Waals surface area contributed by atoms with Gasteiger partial charge in [0.1, 0.15) is 5.60 Å². The van der Waals surface area contributed by atoms with E-state index in [0.717, 1.165) is 5.56 Å². The number of carboxylic acids is 1. The molecule has 1 aromatic carbocycles. The normalized spacial score (nSPS) is 20.5. The summed E-state index contributed by atoms with van der Waals surface area (Å²) in [5.74, 6) is -1.28. The lowest BCUT2D eigenvalue weighted by Crippen LogP contribution is -2.60. The lowest BCUT2D eigenvalue weighted by atomic mass is 9.88. The van der Waals surface area contributed by atoms with Crippen LogP contribution >= 0.6 is 0 Å². The van der Waals surface area contributed by atoms with Gasteiger partial charge in [0.2, 0.25) is 0 Å². The molecule has 1 amide bonds. The molecule has 1 aliphatic heterocycles. The maximum Gasteiger partial charge on any atom is 0.411 e. The summed E-state index contributed by atoms with van der Waals surface area (Å²) in [5, 5.41) is 20.8. The molecule has 1 saturated heterocycles. The zero-order valence-electron chi connectivity index (χ0n) is 14.2. The van der Waals surface area contributed by atoms with Gasteiger partial charge in [-0.3, -0.25) is 4.90 Å². The third-order valence-electron chi connectivity index (χ3n) is 4.06. The summed E-state index contributed by atoms with van der Waals surface area (Å²) in [7, 11) is 0. The van der Waals surface area contributed by atoms with Crippen molar-refractivity contribution in [2.24, 2.45) is 0 Å². The van der Waals surface area contributed by atoms with E-state index in [2.05, 4.69) is 0 Å². The molecular formula is C18H21N2O4-. The van der Waals surface area contributed by atoms with Gasteiger partial charge in [0.05, 0.1) is 23.1 Å². The quantitative estimate of drug-likeness (QED) is 0.840. The van der Waals surface area contributed by atoms with Crippen LogP contribution in [0.3, 0.4) is 0 Å². The Morgan fingerprint density at radius 2 is 1.96 bits per heavy atom. The van der Waals surface area contributed by atoms with Gasteiger partial charge >= 0.3 is 6.09 Å². The number of aliphatic carboxylic acids is 1. The molecule has 1 aliphatic rings.